The van der Waals surface area contributed by atoms with E-state index in [1.54, 1.807) is 0 Å². The fraction of sp³-hybridized carbons (Fsp3) is 0. The maximum absolute atomic E-state index is 13.2. The number of halogens is 2. The van der Waals surface area contributed by atoms with Crippen molar-refractivity contribution in [1.29, 1.82) is 0 Å². The van der Waals surface area contributed by atoms with E-state index in [1.165, 1.54) is 0 Å². The van der Waals surface area contributed by atoms with Gasteiger partial charge < -0.3 is 5.11 Å². The molecular formula is C10H4ClFO3. The van der Waals surface area contributed by atoms with Gasteiger partial charge >= 0.3 is 5.97 Å². The molecule has 1 N–H and O–H groups in total. The number of aromatic carboxylic acids is 1. The lowest BCUT2D eigenvalue weighted by Gasteiger charge is -2.00. The summed E-state index contributed by atoms with van der Waals surface area (Å²) in [5.74, 6) is 2.05. The van der Waals surface area contributed by atoms with Crippen molar-refractivity contribution in [3.05, 3.63) is 34.1 Å². The molecule has 0 bridgehead atoms. The van der Waals surface area contributed by atoms with Gasteiger partial charge in [0.05, 0.1) is 16.1 Å². The maximum Gasteiger partial charge on any atom is 0.337 e. The van der Waals surface area contributed by atoms with E-state index >= 15 is 0 Å². The Kier molecular flexibility index (Phi) is 3.42. The first-order valence-electron chi connectivity index (χ1n) is 3.73. The van der Waals surface area contributed by atoms with Crippen LogP contribution < -0.4 is 0 Å². The van der Waals surface area contributed by atoms with Crippen molar-refractivity contribution >= 4 is 23.9 Å². The smallest absolute Gasteiger partial charge is 0.337 e. The molecule has 15 heavy (non-hydrogen) atoms. The van der Waals surface area contributed by atoms with Crippen molar-refractivity contribution in [3.63, 3.8) is 0 Å². The van der Waals surface area contributed by atoms with Gasteiger partial charge in [0.25, 0.3) is 0 Å². The average molecular weight is 227 g/mol. The summed E-state index contributed by atoms with van der Waals surface area (Å²) in [6, 6.07) is 1.83. The number of hydrogen-bond donors (Lipinski definition) is 1. The number of rotatable bonds is 1. The predicted octanol–water partition coefficient (Wildman–Crippen LogP) is 1.73. The van der Waals surface area contributed by atoms with Crippen LogP contribution in [0.4, 0.5) is 4.39 Å². The molecule has 1 rings (SSSR count). The number of carbonyl (C=O) groups is 2. The van der Waals surface area contributed by atoms with E-state index in [2.05, 4.69) is 5.92 Å². The molecule has 1 aromatic carbocycles. The molecular weight excluding hydrogens is 223 g/mol. The molecule has 3 nitrogen and oxygen atoms in total. The Balaban J connectivity index is 3.31. The Labute approximate surface area is 89.5 Å². The van der Waals surface area contributed by atoms with Gasteiger partial charge in [-0.2, -0.15) is 0 Å². The topological polar surface area (TPSA) is 54.4 Å². The molecule has 0 fully saturated rings. The zero-order chi connectivity index (χ0) is 11.4. The van der Waals surface area contributed by atoms with Crippen LogP contribution in [0.5, 0.6) is 0 Å². The fourth-order valence-corrected chi connectivity index (χ4v) is 1.16. The molecule has 0 heterocycles. The van der Waals surface area contributed by atoms with Gasteiger partial charge in [-0.05, 0) is 18.1 Å². The van der Waals surface area contributed by atoms with E-state index in [0.29, 0.717) is 6.29 Å². The molecule has 0 amide bonds. The molecule has 0 saturated heterocycles. The number of benzene rings is 1. The van der Waals surface area contributed by atoms with E-state index in [-0.39, 0.29) is 16.1 Å². The number of carbonyl (C=O) groups excluding carboxylic acids is 1. The van der Waals surface area contributed by atoms with Gasteiger partial charge in [-0.3, -0.25) is 4.79 Å². The molecule has 0 aliphatic heterocycles. The van der Waals surface area contributed by atoms with Crippen LogP contribution in [0.3, 0.4) is 0 Å². The summed E-state index contributed by atoms with van der Waals surface area (Å²) in [5.41, 5.74) is -0.456. The molecule has 0 aliphatic carbocycles. The van der Waals surface area contributed by atoms with Crippen molar-refractivity contribution in [2.75, 3.05) is 0 Å². The predicted molar refractivity (Wildman–Crippen MR) is 51.3 cm³/mol. The summed E-state index contributed by atoms with van der Waals surface area (Å²) in [4.78, 5) is 20.5. The van der Waals surface area contributed by atoms with Crippen molar-refractivity contribution in [3.8, 4) is 11.8 Å². The van der Waals surface area contributed by atoms with Gasteiger partial charge in [0.2, 0.25) is 0 Å². The Hall–Kier alpha value is -1.86. The maximum atomic E-state index is 13.2. The zero-order valence-electron chi connectivity index (χ0n) is 7.25. The van der Waals surface area contributed by atoms with Crippen LogP contribution in [0.2, 0.25) is 5.02 Å². The van der Waals surface area contributed by atoms with Gasteiger partial charge in [-0.25, -0.2) is 9.18 Å². The molecule has 0 atom stereocenters. The Morgan fingerprint density at radius 3 is 2.73 bits per heavy atom. The van der Waals surface area contributed by atoms with Gasteiger partial charge in [-0.15, -0.1) is 0 Å². The Morgan fingerprint density at radius 1 is 1.53 bits per heavy atom. The van der Waals surface area contributed by atoms with Crippen LogP contribution in [-0.4, -0.2) is 17.4 Å². The summed E-state index contributed by atoms with van der Waals surface area (Å²) >= 11 is 5.57. The standard InChI is InChI=1S/C10H4ClFO3/c11-8-4-6(2-1-3-13)9(12)5-7(8)10(14)15/h3-5H,(H,14,15). The average Bonchev–Trinajstić information content (AvgIpc) is 2.18. The molecule has 0 unspecified atom stereocenters. The minimum Gasteiger partial charge on any atom is -0.478 e. The van der Waals surface area contributed by atoms with E-state index in [1.807, 2.05) is 5.92 Å². The highest BCUT2D eigenvalue weighted by Gasteiger charge is 2.12. The lowest BCUT2D eigenvalue weighted by atomic mass is 10.1. The van der Waals surface area contributed by atoms with Crippen molar-refractivity contribution < 1.29 is 19.1 Å². The first kappa shape index (κ1) is 11.2. The second kappa shape index (κ2) is 4.58. The van der Waals surface area contributed by atoms with Gasteiger partial charge in [0.1, 0.15) is 5.82 Å². The van der Waals surface area contributed by atoms with Crippen molar-refractivity contribution in [2.24, 2.45) is 0 Å². The highest BCUT2D eigenvalue weighted by molar-refractivity contribution is 6.33. The van der Waals surface area contributed by atoms with E-state index in [0.717, 1.165) is 12.1 Å². The second-order valence-corrected chi connectivity index (χ2v) is 2.91. The first-order chi connectivity index (χ1) is 7.06. The fourth-order valence-electron chi connectivity index (χ4n) is 0.914. The second-order valence-electron chi connectivity index (χ2n) is 2.50. The Morgan fingerprint density at radius 2 is 2.20 bits per heavy atom. The summed E-state index contributed by atoms with van der Waals surface area (Å²) in [7, 11) is 0. The lowest BCUT2D eigenvalue weighted by molar-refractivity contribution is -0.103. The summed E-state index contributed by atoms with van der Waals surface area (Å²) in [6.45, 7) is 0. The van der Waals surface area contributed by atoms with Crippen LogP contribution in [-0.2, 0) is 4.79 Å². The van der Waals surface area contributed by atoms with Crippen LogP contribution >= 0.6 is 11.6 Å². The van der Waals surface area contributed by atoms with Crippen LogP contribution in [0, 0.1) is 17.7 Å². The van der Waals surface area contributed by atoms with Gasteiger partial charge in [-0.1, -0.05) is 17.5 Å². The Bertz CT molecular complexity index is 485. The number of carboxylic acids is 1. The third-order valence-corrected chi connectivity index (χ3v) is 1.87. The highest BCUT2D eigenvalue weighted by atomic mass is 35.5. The third-order valence-electron chi connectivity index (χ3n) is 1.55. The number of carboxylic acid groups (broad SMARTS) is 1. The molecule has 0 radical (unpaired) electrons. The van der Waals surface area contributed by atoms with Gasteiger partial charge in [0, 0.05) is 0 Å². The summed E-state index contributed by atoms with van der Waals surface area (Å²) in [5, 5.41) is 8.49. The van der Waals surface area contributed by atoms with Crippen molar-refractivity contribution in [2.45, 2.75) is 0 Å². The van der Waals surface area contributed by atoms with E-state index in [9.17, 15) is 14.0 Å². The summed E-state index contributed by atoms with van der Waals surface area (Å²) < 4.78 is 13.2. The molecule has 5 heteroatoms. The minimum absolute atomic E-state index is 0.114. The molecule has 0 aromatic heterocycles. The van der Waals surface area contributed by atoms with Gasteiger partial charge in [0.15, 0.2) is 6.29 Å². The summed E-state index contributed by atoms with van der Waals surface area (Å²) in [6.07, 6.45) is 0.304. The van der Waals surface area contributed by atoms with E-state index < -0.39 is 11.8 Å². The SMILES string of the molecule is O=CC#Cc1cc(Cl)c(C(=O)O)cc1F. The third kappa shape index (κ3) is 2.55. The van der Waals surface area contributed by atoms with Crippen molar-refractivity contribution in [1.82, 2.24) is 0 Å². The van der Waals surface area contributed by atoms with E-state index in [4.69, 9.17) is 16.7 Å². The zero-order valence-corrected chi connectivity index (χ0v) is 8.01. The monoisotopic (exact) mass is 226 g/mol. The highest BCUT2D eigenvalue weighted by Crippen LogP contribution is 2.20. The molecule has 0 aliphatic rings. The largest absolute Gasteiger partial charge is 0.478 e. The lowest BCUT2D eigenvalue weighted by Crippen LogP contribution is -1.99. The first-order valence-corrected chi connectivity index (χ1v) is 4.11. The quantitative estimate of drug-likeness (QED) is 0.586. The number of hydrogen-bond acceptors (Lipinski definition) is 2. The number of aldehydes is 1. The molecule has 0 saturated carbocycles. The van der Waals surface area contributed by atoms with Crippen LogP contribution in [0.25, 0.3) is 0 Å². The normalized spacial score (nSPS) is 8.93. The van der Waals surface area contributed by atoms with Crippen LogP contribution in [0.1, 0.15) is 15.9 Å². The molecule has 76 valence electrons. The van der Waals surface area contributed by atoms with Crippen LogP contribution in [0.15, 0.2) is 12.1 Å². The molecule has 0 spiro atoms. The minimum atomic E-state index is -1.33. The molecule has 1 aromatic rings.